The van der Waals surface area contributed by atoms with E-state index in [4.69, 9.17) is 9.47 Å². The topological polar surface area (TPSA) is 94.6 Å². The Kier molecular flexibility index (Phi) is 7.03. The maximum atomic E-state index is 13.3. The number of ether oxygens (including phenoxy) is 2. The van der Waals surface area contributed by atoms with Gasteiger partial charge in [0.1, 0.15) is 16.7 Å². The van der Waals surface area contributed by atoms with E-state index in [-0.39, 0.29) is 18.0 Å². The molecule has 0 aliphatic carbocycles. The van der Waals surface area contributed by atoms with Gasteiger partial charge in [0.05, 0.1) is 12.0 Å². The Hall–Kier alpha value is -3.39. The van der Waals surface area contributed by atoms with Crippen LogP contribution >= 0.6 is 0 Å². The maximum absolute atomic E-state index is 13.3. The molecule has 0 saturated heterocycles. The van der Waals surface area contributed by atoms with E-state index in [0.717, 1.165) is 0 Å². The molecule has 1 atom stereocenters. The van der Waals surface area contributed by atoms with Crippen molar-refractivity contribution in [2.24, 2.45) is 0 Å². The molecule has 2 aromatic carbocycles. The third-order valence-corrected chi connectivity index (χ3v) is 6.53. The summed E-state index contributed by atoms with van der Waals surface area (Å²) in [7, 11) is -2.28. The van der Waals surface area contributed by atoms with Crippen molar-refractivity contribution >= 4 is 15.7 Å². The second kappa shape index (κ2) is 9.89. The molecule has 0 spiro atoms. The minimum atomic E-state index is -3.79. The van der Waals surface area contributed by atoms with Crippen LogP contribution in [0.4, 0.5) is 0 Å². The minimum Gasteiger partial charge on any atom is -0.497 e. The first-order chi connectivity index (χ1) is 14.5. The molecule has 1 aromatic heterocycles. The van der Waals surface area contributed by atoms with Gasteiger partial charge in [-0.3, -0.25) is 9.78 Å². The molecule has 1 heterocycles. The van der Waals surface area contributed by atoms with Gasteiger partial charge in [0, 0.05) is 18.9 Å². The first-order valence-electron chi connectivity index (χ1n) is 9.23. The second-order valence-corrected chi connectivity index (χ2v) is 8.53. The van der Waals surface area contributed by atoms with E-state index in [2.05, 4.69) is 10.3 Å². The summed E-state index contributed by atoms with van der Waals surface area (Å²) >= 11 is 0. The average Bonchev–Trinajstić information content (AvgIpc) is 2.79. The van der Waals surface area contributed by atoms with E-state index in [0.29, 0.717) is 17.1 Å². The van der Waals surface area contributed by atoms with Crippen molar-refractivity contribution in [2.45, 2.75) is 10.1 Å². The Balaban J connectivity index is 1.75. The number of nitrogens with one attached hydrogen (secondary N) is 1. The van der Waals surface area contributed by atoms with Crippen LogP contribution in [-0.2, 0) is 14.6 Å². The molecule has 1 N–H and O–H groups in total. The Morgan fingerprint density at radius 2 is 1.73 bits per heavy atom. The van der Waals surface area contributed by atoms with Gasteiger partial charge in [0.15, 0.2) is 16.4 Å². The number of aromatic nitrogens is 1. The van der Waals surface area contributed by atoms with Crippen LogP contribution in [0.25, 0.3) is 0 Å². The highest BCUT2D eigenvalue weighted by molar-refractivity contribution is 7.91. The summed E-state index contributed by atoms with van der Waals surface area (Å²) < 4.78 is 37.1. The van der Waals surface area contributed by atoms with Crippen molar-refractivity contribution in [1.82, 2.24) is 10.3 Å². The summed E-state index contributed by atoms with van der Waals surface area (Å²) in [6.45, 7) is -0.330. The number of amides is 1. The summed E-state index contributed by atoms with van der Waals surface area (Å²) in [6.07, 6.45) is 3.05. The summed E-state index contributed by atoms with van der Waals surface area (Å²) in [5, 5.41) is 1.65. The molecular formula is C22H22N2O5S. The molecule has 0 saturated carbocycles. The maximum Gasteiger partial charge on any atom is 0.257 e. The van der Waals surface area contributed by atoms with Crippen molar-refractivity contribution in [2.75, 3.05) is 20.3 Å². The third-order valence-electron chi connectivity index (χ3n) is 4.42. The predicted molar refractivity (Wildman–Crippen MR) is 112 cm³/mol. The Labute approximate surface area is 175 Å². The van der Waals surface area contributed by atoms with Gasteiger partial charge in [0.2, 0.25) is 0 Å². The fraction of sp³-hybridized carbons (Fsp3) is 0.182. The molecule has 30 heavy (non-hydrogen) atoms. The van der Waals surface area contributed by atoms with Crippen LogP contribution in [0.15, 0.2) is 84.0 Å². The van der Waals surface area contributed by atoms with E-state index >= 15 is 0 Å². The largest absolute Gasteiger partial charge is 0.497 e. The van der Waals surface area contributed by atoms with E-state index in [1.165, 1.54) is 25.4 Å². The molecule has 156 valence electrons. The number of benzene rings is 2. The van der Waals surface area contributed by atoms with Crippen molar-refractivity contribution in [3.8, 4) is 11.5 Å². The highest BCUT2D eigenvalue weighted by atomic mass is 32.2. The van der Waals surface area contributed by atoms with E-state index in [1.807, 2.05) is 6.07 Å². The molecule has 7 nitrogen and oxygen atoms in total. The number of carbonyl (C=O) groups is 1. The fourth-order valence-corrected chi connectivity index (χ4v) is 4.47. The van der Waals surface area contributed by atoms with E-state index < -0.39 is 21.0 Å². The summed E-state index contributed by atoms with van der Waals surface area (Å²) in [4.78, 5) is 16.4. The second-order valence-electron chi connectivity index (χ2n) is 6.40. The van der Waals surface area contributed by atoms with Gasteiger partial charge in [-0.15, -0.1) is 0 Å². The molecule has 3 aromatic rings. The van der Waals surface area contributed by atoms with E-state index in [1.54, 1.807) is 54.7 Å². The standard InChI is InChI=1S/C22H22N2O5S/c1-28-18-9-11-20(12-10-18)30(26,27)21(17-6-5-13-23-14-17)15-24-22(25)16-29-19-7-3-2-4-8-19/h2-14,21H,15-16H2,1H3,(H,24,25). The summed E-state index contributed by atoms with van der Waals surface area (Å²) in [5.41, 5.74) is 0.484. The Bertz CT molecular complexity index is 1060. The fourth-order valence-electron chi connectivity index (χ4n) is 2.83. The van der Waals surface area contributed by atoms with Crippen LogP contribution in [0, 0.1) is 0 Å². The number of carbonyl (C=O) groups excluding carboxylic acids is 1. The molecule has 0 fully saturated rings. The Morgan fingerprint density at radius 1 is 1.00 bits per heavy atom. The molecule has 0 bridgehead atoms. The summed E-state index contributed by atoms with van der Waals surface area (Å²) in [6, 6.07) is 18.4. The zero-order valence-electron chi connectivity index (χ0n) is 16.4. The number of hydrogen-bond donors (Lipinski definition) is 1. The van der Waals surface area contributed by atoms with Gasteiger partial charge in [0.25, 0.3) is 5.91 Å². The van der Waals surface area contributed by atoms with Gasteiger partial charge in [-0.1, -0.05) is 24.3 Å². The number of para-hydroxylation sites is 1. The SMILES string of the molecule is COc1ccc(S(=O)(=O)C(CNC(=O)COc2ccccc2)c2cccnc2)cc1. The molecular weight excluding hydrogens is 404 g/mol. The van der Waals surface area contributed by atoms with Crippen LogP contribution in [0.5, 0.6) is 11.5 Å². The molecule has 8 heteroatoms. The Morgan fingerprint density at radius 3 is 2.37 bits per heavy atom. The number of pyridine rings is 1. The van der Waals surface area contributed by atoms with Crippen molar-refractivity contribution in [3.05, 3.63) is 84.7 Å². The zero-order chi connectivity index (χ0) is 21.4. The van der Waals surface area contributed by atoms with E-state index in [9.17, 15) is 13.2 Å². The van der Waals surface area contributed by atoms with Gasteiger partial charge in [-0.2, -0.15) is 0 Å². The lowest BCUT2D eigenvalue weighted by Crippen LogP contribution is -2.35. The first-order valence-corrected chi connectivity index (χ1v) is 10.8. The quantitative estimate of drug-likeness (QED) is 0.565. The number of hydrogen-bond acceptors (Lipinski definition) is 6. The molecule has 0 radical (unpaired) electrons. The number of methoxy groups -OCH3 is 1. The van der Waals surface area contributed by atoms with Gasteiger partial charge < -0.3 is 14.8 Å². The van der Waals surface area contributed by atoms with Crippen molar-refractivity contribution in [1.29, 1.82) is 0 Å². The molecule has 0 aliphatic rings. The smallest absolute Gasteiger partial charge is 0.257 e. The highest BCUT2D eigenvalue weighted by Gasteiger charge is 2.30. The van der Waals surface area contributed by atoms with Crippen LogP contribution in [0.3, 0.4) is 0 Å². The van der Waals surface area contributed by atoms with Crippen LogP contribution in [-0.4, -0.2) is 39.6 Å². The predicted octanol–water partition coefficient (Wildman–Crippen LogP) is 2.80. The minimum absolute atomic E-state index is 0.114. The molecule has 1 amide bonds. The van der Waals surface area contributed by atoms with Crippen LogP contribution < -0.4 is 14.8 Å². The highest BCUT2D eigenvalue weighted by Crippen LogP contribution is 2.29. The van der Waals surface area contributed by atoms with Crippen LogP contribution in [0.1, 0.15) is 10.8 Å². The van der Waals surface area contributed by atoms with Crippen molar-refractivity contribution in [3.63, 3.8) is 0 Å². The first kappa shape index (κ1) is 21.3. The number of sulfone groups is 1. The molecule has 3 rings (SSSR count). The molecule has 1 unspecified atom stereocenters. The number of rotatable bonds is 9. The average molecular weight is 426 g/mol. The summed E-state index contributed by atoms with van der Waals surface area (Å²) in [5.74, 6) is 0.693. The van der Waals surface area contributed by atoms with Gasteiger partial charge in [-0.05, 0) is 48.0 Å². The number of nitrogens with zero attached hydrogens (tertiary/aromatic N) is 1. The lowest BCUT2D eigenvalue weighted by atomic mass is 10.2. The third kappa shape index (κ3) is 5.36. The van der Waals surface area contributed by atoms with Crippen molar-refractivity contribution < 1.29 is 22.7 Å². The normalized spacial score (nSPS) is 12.0. The van der Waals surface area contributed by atoms with Crippen LogP contribution in [0.2, 0.25) is 0 Å². The van der Waals surface area contributed by atoms with Gasteiger partial charge >= 0.3 is 0 Å². The molecule has 0 aliphatic heterocycles. The van der Waals surface area contributed by atoms with Gasteiger partial charge in [-0.25, -0.2) is 8.42 Å². The zero-order valence-corrected chi connectivity index (χ0v) is 17.2. The lowest BCUT2D eigenvalue weighted by molar-refractivity contribution is -0.123. The monoisotopic (exact) mass is 426 g/mol. The lowest BCUT2D eigenvalue weighted by Gasteiger charge is -2.19.